The number of nitrogens with zero attached hydrogens (tertiary/aromatic N) is 1. The van der Waals surface area contributed by atoms with Crippen molar-refractivity contribution < 1.29 is 20.4 Å². The zero-order valence-corrected chi connectivity index (χ0v) is 7.24. The van der Waals surface area contributed by atoms with E-state index in [9.17, 15) is 20.4 Å². The monoisotopic (exact) mass is 191 g/mol. The molecule has 13 heavy (non-hydrogen) atoms. The van der Waals surface area contributed by atoms with E-state index in [-0.39, 0.29) is 0 Å². The molecule has 5 heteroatoms. The molecule has 0 aliphatic carbocycles. The number of hydrogen-bond donors (Lipinski definition) is 4. The summed E-state index contributed by atoms with van der Waals surface area (Å²) in [5.41, 5.74) is 0. The third-order valence-corrected chi connectivity index (χ3v) is 3.04. The molecule has 0 unspecified atom stereocenters. The highest BCUT2D eigenvalue weighted by Gasteiger charge is 2.47. The lowest BCUT2D eigenvalue weighted by Crippen LogP contribution is -2.61. The molecule has 2 saturated heterocycles. The molecule has 2 aliphatic rings. The fourth-order valence-electron chi connectivity index (χ4n) is 2.30. The van der Waals surface area contributed by atoms with E-state index in [1.807, 2.05) is 4.90 Å². The first-order valence-corrected chi connectivity index (χ1v) is 4.57. The van der Waals surface area contributed by atoms with E-state index in [4.69, 9.17) is 0 Å². The zero-order chi connectivity index (χ0) is 9.59. The van der Waals surface area contributed by atoms with Crippen molar-refractivity contribution in [2.45, 2.75) is 36.9 Å². The summed E-state index contributed by atoms with van der Waals surface area (Å²) < 4.78 is 0. The van der Waals surface area contributed by atoms with Gasteiger partial charge in [0.15, 0.2) is 0 Å². The molecule has 0 aromatic heterocycles. The van der Waals surface area contributed by atoms with Crippen LogP contribution in [0.1, 0.15) is 6.42 Å². The Hall–Kier alpha value is -0.200. The van der Waals surface area contributed by atoms with Gasteiger partial charge < -0.3 is 20.4 Å². The van der Waals surface area contributed by atoms with Crippen molar-refractivity contribution in [1.82, 2.24) is 4.90 Å². The van der Waals surface area contributed by atoms with Gasteiger partial charge in [0.05, 0.1) is 18.2 Å². The van der Waals surface area contributed by atoms with Crippen molar-refractivity contribution in [2.24, 2.45) is 0 Å². The molecule has 0 amide bonds. The molecule has 0 saturated carbocycles. The van der Waals surface area contributed by atoms with Crippen molar-refractivity contribution in [3.63, 3.8) is 0 Å². The SMILES string of the molecule is O[C@H]1[C@H](O)[C@@H](O)CN2[14CH2]C[C@H](O)[C@H]12. The smallest absolute Gasteiger partial charge is 0.109 e. The van der Waals surface area contributed by atoms with Crippen LogP contribution >= 0.6 is 0 Å². The Morgan fingerprint density at radius 3 is 2.38 bits per heavy atom. The van der Waals surface area contributed by atoms with Gasteiger partial charge in [-0.1, -0.05) is 0 Å². The van der Waals surface area contributed by atoms with Crippen LogP contribution in [0.2, 0.25) is 0 Å². The number of aliphatic hydroxyl groups is 4. The van der Waals surface area contributed by atoms with E-state index < -0.39 is 30.5 Å². The van der Waals surface area contributed by atoms with Crippen LogP contribution in [0.5, 0.6) is 0 Å². The number of rotatable bonds is 0. The van der Waals surface area contributed by atoms with Gasteiger partial charge in [-0.15, -0.1) is 0 Å². The molecule has 2 aliphatic heterocycles. The topological polar surface area (TPSA) is 84.2 Å². The van der Waals surface area contributed by atoms with Crippen LogP contribution in [0.15, 0.2) is 0 Å². The van der Waals surface area contributed by atoms with Crippen LogP contribution in [0.4, 0.5) is 0 Å². The van der Waals surface area contributed by atoms with Crippen LogP contribution in [0.25, 0.3) is 0 Å². The van der Waals surface area contributed by atoms with Gasteiger partial charge in [-0.05, 0) is 6.42 Å². The first kappa shape index (κ1) is 9.36. The van der Waals surface area contributed by atoms with Crippen LogP contribution in [0, 0.1) is 0 Å². The number of hydrogen-bond acceptors (Lipinski definition) is 5. The van der Waals surface area contributed by atoms with Gasteiger partial charge in [-0.3, -0.25) is 4.90 Å². The highest BCUT2D eigenvalue weighted by Crippen LogP contribution is 2.27. The van der Waals surface area contributed by atoms with Crippen molar-refractivity contribution in [3.8, 4) is 0 Å². The normalized spacial score (nSPS) is 52.2. The Balaban J connectivity index is 2.15. The fraction of sp³-hybridized carbons (Fsp3) is 1.00. The maximum atomic E-state index is 9.58. The molecule has 76 valence electrons. The summed E-state index contributed by atoms with van der Waals surface area (Å²) >= 11 is 0. The summed E-state index contributed by atoms with van der Waals surface area (Å²) in [4.78, 5) is 1.83. The Kier molecular flexibility index (Phi) is 2.29. The summed E-state index contributed by atoms with van der Waals surface area (Å²) in [6, 6.07) is -0.404. The van der Waals surface area contributed by atoms with E-state index in [0.717, 1.165) is 0 Å². The predicted molar refractivity (Wildman–Crippen MR) is 44.0 cm³/mol. The molecule has 0 aromatic carbocycles. The first-order chi connectivity index (χ1) is 6.11. The lowest BCUT2D eigenvalue weighted by atomic mass is 9.93. The van der Waals surface area contributed by atoms with Crippen LogP contribution < -0.4 is 0 Å². The van der Waals surface area contributed by atoms with Crippen LogP contribution in [0.3, 0.4) is 0 Å². The summed E-state index contributed by atoms with van der Waals surface area (Å²) in [6.07, 6.45) is -3.06. The Morgan fingerprint density at radius 1 is 1.00 bits per heavy atom. The van der Waals surface area contributed by atoms with Gasteiger partial charge in [0, 0.05) is 13.1 Å². The highest BCUT2D eigenvalue weighted by molar-refractivity contribution is 5.01. The molecule has 0 aromatic rings. The average Bonchev–Trinajstić information content (AvgIpc) is 2.43. The Morgan fingerprint density at radius 2 is 1.69 bits per heavy atom. The van der Waals surface area contributed by atoms with Crippen LogP contribution in [-0.4, -0.2) is 68.9 Å². The minimum absolute atomic E-state index is 0.333. The van der Waals surface area contributed by atoms with E-state index in [2.05, 4.69) is 0 Å². The summed E-state index contributed by atoms with van der Waals surface area (Å²) in [5.74, 6) is 0. The zero-order valence-electron chi connectivity index (χ0n) is 7.24. The van der Waals surface area contributed by atoms with Gasteiger partial charge in [0.2, 0.25) is 0 Å². The lowest BCUT2D eigenvalue weighted by Gasteiger charge is -2.40. The summed E-state index contributed by atoms with van der Waals surface area (Å²) in [6.45, 7) is 1.01. The second kappa shape index (κ2) is 3.18. The molecule has 2 heterocycles. The van der Waals surface area contributed by atoms with Crippen LogP contribution in [-0.2, 0) is 0 Å². The van der Waals surface area contributed by atoms with Gasteiger partial charge in [-0.25, -0.2) is 0 Å². The summed E-state index contributed by atoms with van der Waals surface area (Å²) in [5, 5.41) is 37.8. The largest absolute Gasteiger partial charge is 0.391 e. The number of fused-ring (bicyclic) bond motifs is 1. The Bertz CT molecular complexity index is 201. The van der Waals surface area contributed by atoms with E-state index in [1.165, 1.54) is 0 Å². The third-order valence-electron chi connectivity index (χ3n) is 3.04. The van der Waals surface area contributed by atoms with Crippen molar-refractivity contribution >= 4 is 0 Å². The molecule has 0 bridgehead atoms. The average molecular weight is 191 g/mol. The summed E-state index contributed by atoms with van der Waals surface area (Å²) in [7, 11) is 0. The quantitative estimate of drug-likeness (QED) is 0.341. The minimum Gasteiger partial charge on any atom is -0.391 e. The maximum absolute atomic E-state index is 9.58. The molecule has 5 nitrogen and oxygen atoms in total. The lowest BCUT2D eigenvalue weighted by molar-refractivity contribution is -0.140. The first-order valence-electron chi connectivity index (χ1n) is 4.57. The molecule has 2 fully saturated rings. The third kappa shape index (κ3) is 1.37. The maximum Gasteiger partial charge on any atom is 0.109 e. The fourth-order valence-corrected chi connectivity index (χ4v) is 2.30. The second-order valence-corrected chi connectivity index (χ2v) is 3.89. The molecular weight excluding hydrogens is 176 g/mol. The predicted octanol–water partition coefficient (Wildman–Crippen LogP) is -2.48. The van der Waals surface area contributed by atoms with Gasteiger partial charge in [0.1, 0.15) is 12.2 Å². The molecule has 4 N–H and O–H groups in total. The van der Waals surface area contributed by atoms with Crippen molar-refractivity contribution in [1.29, 1.82) is 0 Å². The molecule has 0 radical (unpaired) electrons. The molecule has 0 spiro atoms. The second-order valence-electron chi connectivity index (χ2n) is 3.89. The van der Waals surface area contributed by atoms with Crippen molar-refractivity contribution in [3.05, 3.63) is 0 Å². The van der Waals surface area contributed by atoms with Gasteiger partial charge in [-0.2, -0.15) is 0 Å². The molecular formula is C8H15NO4. The van der Waals surface area contributed by atoms with E-state index in [1.54, 1.807) is 0 Å². The van der Waals surface area contributed by atoms with E-state index in [0.29, 0.717) is 19.5 Å². The van der Waals surface area contributed by atoms with Gasteiger partial charge >= 0.3 is 0 Å². The standard InChI is InChI=1S/C8H15NO4/c10-4-1-2-9-3-5(11)7(12)8(13)6(4)9/h4-8,10-13H,1-3H2/t4-,5-,6+,7+,8+/m0/s1/i2+2. The van der Waals surface area contributed by atoms with Crippen molar-refractivity contribution in [2.75, 3.05) is 13.1 Å². The van der Waals surface area contributed by atoms with E-state index >= 15 is 0 Å². The van der Waals surface area contributed by atoms with Gasteiger partial charge in [0.25, 0.3) is 0 Å². The molecule has 5 atom stereocenters. The number of piperidine rings is 1. The highest BCUT2D eigenvalue weighted by atomic mass is 16.4. The minimum atomic E-state index is -1.13. The Labute approximate surface area is 76.2 Å². The molecule has 2 rings (SSSR count). The number of aliphatic hydroxyl groups excluding tert-OH is 4.